The van der Waals surface area contributed by atoms with Crippen molar-refractivity contribution in [3.8, 4) is 23.0 Å². The third kappa shape index (κ3) is 4.40. The van der Waals surface area contributed by atoms with Crippen molar-refractivity contribution in [1.82, 2.24) is 24.7 Å². The third-order valence-corrected chi connectivity index (χ3v) is 5.38. The Kier molecular flexibility index (Phi) is 6.05. The fourth-order valence-corrected chi connectivity index (χ4v) is 3.69. The van der Waals surface area contributed by atoms with Crippen molar-refractivity contribution in [3.05, 3.63) is 76.6 Å². The van der Waals surface area contributed by atoms with E-state index >= 15 is 0 Å². The average Bonchev–Trinajstić information content (AvgIpc) is 3.20. The van der Waals surface area contributed by atoms with Crippen LogP contribution in [-0.4, -0.2) is 31.8 Å². The molecule has 164 valence electrons. The first-order chi connectivity index (χ1) is 15.4. The van der Waals surface area contributed by atoms with Crippen LogP contribution in [0, 0.1) is 19.7 Å². The van der Waals surface area contributed by atoms with E-state index in [1.807, 2.05) is 49.7 Å². The van der Waals surface area contributed by atoms with Gasteiger partial charge in [0.2, 0.25) is 5.88 Å². The Morgan fingerprint density at radius 3 is 2.56 bits per heavy atom. The zero-order chi connectivity index (χ0) is 22.8. The van der Waals surface area contributed by atoms with Crippen LogP contribution < -0.4 is 10.1 Å². The minimum absolute atomic E-state index is 0.182. The molecule has 4 rings (SSSR count). The lowest BCUT2D eigenvalue weighted by molar-refractivity contribution is 0.396. The van der Waals surface area contributed by atoms with Gasteiger partial charge in [-0.25, -0.2) is 14.4 Å². The Bertz CT molecular complexity index is 1280. The van der Waals surface area contributed by atoms with Crippen LogP contribution >= 0.6 is 11.6 Å². The van der Waals surface area contributed by atoms with Gasteiger partial charge in [0, 0.05) is 11.2 Å². The first-order valence-electron chi connectivity index (χ1n) is 9.98. The summed E-state index contributed by atoms with van der Waals surface area (Å²) in [6.07, 6.45) is 3.62. The summed E-state index contributed by atoms with van der Waals surface area (Å²) in [6.45, 7) is 5.78. The zero-order valence-electron chi connectivity index (χ0n) is 18.1. The number of hydrogen-bond donors (Lipinski definition) is 1. The molecule has 9 heteroatoms. The second-order valence-corrected chi connectivity index (χ2v) is 7.85. The number of benzene rings is 1. The fraction of sp³-hybridized carbons (Fsp3) is 0.217. The van der Waals surface area contributed by atoms with Crippen LogP contribution in [0.25, 0.3) is 17.1 Å². The number of halogens is 2. The Labute approximate surface area is 190 Å². The molecule has 32 heavy (non-hydrogen) atoms. The molecule has 0 unspecified atom stereocenters. The van der Waals surface area contributed by atoms with E-state index < -0.39 is 0 Å². The highest BCUT2D eigenvalue weighted by Gasteiger charge is 2.15. The smallest absolute Gasteiger partial charge is 0.238 e. The summed E-state index contributed by atoms with van der Waals surface area (Å²) in [4.78, 5) is 8.85. The average molecular weight is 453 g/mol. The lowest BCUT2D eigenvalue weighted by atomic mass is 10.1. The summed E-state index contributed by atoms with van der Waals surface area (Å²) in [5, 5.41) is 12.3. The van der Waals surface area contributed by atoms with Gasteiger partial charge in [0.05, 0.1) is 30.9 Å². The zero-order valence-corrected chi connectivity index (χ0v) is 18.9. The van der Waals surface area contributed by atoms with E-state index in [1.54, 1.807) is 19.5 Å². The van der Waals surface area contributed by atoms with Crippen LogP contribution in [-0.2, 0) is 0 Å². The summed E-state index contributed by atoms with van der Waals surface area (Å²) in [5.74, 6) is 0.698. The summed E-state index contributed by atoms with van der Waals surface area (Å²) in [6, 6.07) is 9.83. The molecule has 0 aliphatic rings. The molecule has 3 aromatic heterocycles. The number of nitrogens with one attached hydrogen (secondary N) is 1. The fourth-order valence-electron chi connectivity index (χ4n) is 3.36. The van der Waals surface area contributed by atoms with E-state index in [2.05, 4.69) is 25.5 Å². The number of pyridine rings is 1. The molecule has 0 aliphatic carbocycles. The molecule has 3 heterocycles. The van der Waals surface area contributed by atoms with Gasteiger partial charge in [0.15, 0.2) is 5.82 Å². The summed E-state index contributed by atoms with van der Waals surface area (Å²) in [7, 11) is 1.57. The van der Waals surface area contributed by atoms with Crippen LogP contribution in [0.1, 0.15) is 29.8 Å². The number of rotatable bonds is 6. The highest BCUT2D eigenvalue weighted by atomic mass is 35.5. The van der Waals surface area contributed by atoms with Crippen LogP contribution in [0.5, 0.6) is 5.88 Å². The Hall–Kier alpha value is -3.52. The Morgan fingerprint density at radius 2 is 1.91 bits per heavy atom. The molecular formula is C23H22ClFN6O. The number of methoxy groups -OCH3 is 1. The number of imidazole rings is 1. The van der Waals surface area contributed by atoms with Crippen molar-refractivity contribution in [2.45, 2.75) is 26.8 Å². The topological polar surface area (TPSA) is 77.8 Å². The van der Waals surface area contributed by atoms with Gasteiger partial charge >= 0.3 is 0 Å². The molecule has 1 atom stereocenters. The number of hydrogen-bond acceptors (Lipinski definition) is 6. The molecule has 7 nitrogen and oxygen atoms in total. The summed E-state index contributed by atoms with van der Waals surface area (Å²) >= 11 is 6.18. The molecule has 0 amide bonds. The van der Waals surface area contributed by atoms with E-state index in [4.69, 9.17) is 16.3 Å². The summed E-state index contributed by atoms with van der Waals surface area (Å²) in [5.41, 5.74) is 4.60. The van der Waals surface area contributed by atoms with Gasteiger partial charge < -0.3 is 14.6 Å². The predicted molar refractivity (Wildman–Crippen MR) is 122 cm³/mol. The lowest BCUT2D eigenvalue weighted by Gasteiger charge is -2.17. The molecule has 4 aromatic rings. The number of nitrogens with zero attached hydrogens (tertiary/aromatic N) is 5. The molecule has 0 aliphatic heterocycles. The largest absolute Gasteiger partial charge is 0.479 e. The molecule has 0 saturated carbocycles. The maximum Gasteiger partial charge on any atom is 0.238 e. The van der Waals surface area contributed by atoms with E-state index in [0.29, 0.717) is 28.1 Å². The SMILES string of the molecule is COc1nc(-c2cc(C)c(N[C@H](C)c3ccc(F)cc3Cl)nn2)ccc1-n1cnc(C)c1. The van der Waals surface area contributed by atoms with E-state index in [-0.39, 0.29) is 11.9 Å². The first kappa shape index (κ1) is 21.7. The van der Waals surface area contributed by atoms with E-state index in [0.717, 1.165) is 22.5 Å². The van der Waals surface area contributed by atoms with Crippen molar-refractivity contribution >= 4 is 17.4 Å². The number of aromatic nitrogens is 5. The quantitative estimate of drug-likeness (QED) is 0.427. The summed E-state index contributed by atoms with van der Waals surface area (Å²) < 4.78 is 20.7. The van der Waals surface area contributed by atoms with Gasteiger partial charge in [-0.3, -0.25) is 0 Å². The van der Waals surface area contributed by atoms with Gasteiger partial charge in [-0.2, -0.15) is 0 Å². The van der Waals surface area contributed by atoms with Crippen molar-refractivity contribution in [1.29, 1.82) is 0 Å². The van der Waals surface area contributed by atoms with Gasteiger partial charge in [-0.1, -0.05) is 17.7 Å². The van der Waals surface area contributed by atoms with Gasteiger partial charge in [0.25, 0.3) is 0 Å². The molecule has 0 saturated heterocycles. The number of anilines is 1. The molecule has 0 spiro atoms. The molecule has 1 N–H and O–H groups in total. The van der Waals surface area contributed by atoms with Crippen molar-refractivity contribution in [3.63, 3.8) is 0 Å². The molecule has 0 fully saturated rings. The second-order valence-electron chi connectivity index (χ2n) is 7.44. The maximum absolute atomic E-state index is 13.3. The van der Waals surface area contributed by atoms with E-state index in [1.165, 1.54) is 12.1 Å². The third-order valence-electron chi connectivity index (χ3n) is 5.05. The van der Waals surface area contributed by atoms with Gasteiger partial charge in [-0.15, -0.1) is 10.2 Å². The minimum atomic E-state index is -0.372. The highest BCUT2D eigenvalue weighted by molar-refractivity contribution is 6.31. The number of ether oxygens (including phenoxy) is 1. The maximum atomic E-state index is 13.3. The second kappa shape index (κ2) is 8.92. The standard InChI is InChI=1S/C23H22ClFN6O/c1-13-9-20(19-7-8-21(23(28-19)32-4)31-11-14(2)26-12-31)29-30-22(13)27-15(3)17-6-5-16(25)10-18(17)24/h5-12,15H,1-4H3,(H,27,30)/t15-/m1/s1. The van der Waals surface area contributed by atoms with Crippen molar-refractivity contribution in [2.24, 2.45) is 0 Å². The highest BCUT2D eigenvalue weighted by Crippen LogP contribution is 2.29. The lowest BCUT2D eigenvalue weighted by Crippen LogP contribution is -2.11. The van der Waals surface area contributed by atoms with E-state index in [9.17, 15) is 4.39 Å². The van der Waals surface area contributed by atoms with Crippen LogP contribution in [0.4, 0.5) is 10.2 Å². The van der Waals surface area contributed by atoms with Gasteiger partial charge in [0.1, 0.15) is 17.2 Å². The van der Waals surface area contributed by atoms with Crippen molar-refractivity contribution in [2.75, 3.05) is 12.4 Å². The number of aryl methyl sites for hydroxylation is 2. The monoisotopic (exact) mass is 452 g/mol. The normalized spacial score (nSPS) is 11.9. The Morgan fingerprint density at radius 1 is 1.09 bits per heavy atom. The van der Waals surface area contributed by atoms with Crippen LogP contribution in [0.3, 0.4) is 0 Å². The van der Waals surface area contributed by atoms with Gasteiger partial charge in [-0.05, 0) is 62.2 Å². The molecular weight excluding hydrogens is 431 g/mol. The Balaban J connectivity index is 1.59. The molecule has 1 aromatic carbocycles. The van der Waals surface area contributed by atoms with Crippen LogP contribution in [0.2, 0.25) is 5.02 Å². The molecule has 0 bridgehead atoms. The van der Waals surface area contributed by atoms with Crippen molar-refractivity contribution < 1.29 is 9.13 Å². The minimum Gasteiger partial charge on any atom is -0.479 e. The predicted octanol–water partition coefficient (Wildman–Crippen LogP) is 5.32. The first-order valence-corrected chi connectivity index (χ1v) is 10.4. The molecule has 0 radical (unpaired) electrons. The van der Waals surface area contributed by atoms with Crippen LogP contribution in [0.15, 0.2) is 48.9 Å².